The minimum Gasteiger partial charge on any atom is -0.488 e. The molecule has 3 aromatic rings. The van der Waals surface area contributed by atoms with Crippen LogP contribution in [0.2, 0.25) is 0 Å². The van der Waals surface area contributed by atoms with Gasteiger partial charge in [-0.1, -0.05) is 36.2 Å². The molecule has 2 aromatic carbocycles. The summed E-state index contributed by atoms with van der Waals surface area (Å²) in [5.74, 6) is 0.585. The SMILES string of the molecule is Cc1ccc(OCc2ccc(CN3CCCCC3)cc2C)c(-c2csc(N3CC4C(C3)C4C(=O)O)n2)c1. The topological polar surface area (TPSA) is 65.9 Å². The zero-order valence-corrected chi connectivity index (χ0v) is 22.5. The lowest BCUT2D eigenvalue weighted by Gasteiger charge is -2.26. The molecule has 6 nitrogen and oxygen atoms in total. The molecule has 3 fully saturated rings. The number of rotatable bonds is 8. The summed E-state index contributed by atoms with van der Waals surface area (Å²) in [7, 11) is 0. The van der Waals surface area contributed by atoms with E-state index in [9.17, 15) is 9.90 Å². The molecule has 2 atom stereocenters. The molecule has 1 N–H and O–H groups in total. The van der Waals surface area contributed by atoms with Crippen LogP contribution in [0.25, 0.3) is 11.3 Å². The highest BCUT2D eigenvalue weighted by atomic mass is 32.1. The number of aliphatic carboxylic acids is 1. The number of likely N-dealkylation sites (tertiary alicyclic amines) is 1. The Bertz CT molecular complexity index is 1290. The van der Waals surface area contributed by atoms with E-state index in [4.69, 9.17) is 9.72 Å². The Balaban J connectivity index is 1.13. The zero-order chi connectivity index (χ0) is 25.5. The van der Waals surface area contributed by atoms with E-state index in [2.05, 4.69) is 59.4 Å². The van der Waals surface area contributed by atoms with Gasteiger partial charge < -0.3 is 14.7 Å². The monoisotopic (exact) mass is 517 g/mol. The number of thiazole rings is 1. The highest BCUT2D eigenvalue weighted by Crippen LogP contribution is 2.53. The van der Waals surface area contributed by atoms with Gasteiger partial charge in [-0.15, -0.1) is 11.3 Å². The van der Waals surface area contributed by atoms with Crippen LogP contribution in [-0.2, 0) is 17.9 Å². The molecule has 1 saturated carbocycles. The number of hydrogen-bond donors (Lipinski definition) is 1. The Morgan fingerprint density at radius 2 is 1.86 bits per heavy atom. The molecule has 6 rings (SSSR count). The number of hydrogen-bond acceptors (Lipinski definition) is 6. The maximum atomic E-state index is 11.3. The molecule has 0 bridgehead atoms. The molecule has 1 aromatic heterocycles. The third kappa shape index (κ3) is 5.12. The lowest BCUT2D eigenvalue weighted by molar-refractivity contribution is -0.139. The number of anilines is 1. The number of benzene rings is 2. The Kier molecular flexibility index (Phi) is 6.67. The maximum absolute atomic E-state index is 11.3. The van der Waals surface area contributed by atoms with Crippen molar-refractivity contribution in [2.45, 2.75) is 46.3 Å². The molecule has 194 valence electrons. The molecule has 1 aliphatic carbocycles. The number of piperidine rings is 2. The lowest BCUT2D eigenvalue weighted by atomic mass is 10.0. The number of ether oxygens (including phenoxy) is 1. The molecule has 2 unspecified atom stereocenters. The molecule has 2 saturated heterocycles. The number of fused-ring (bicyclic) bond motifs is 1. The zero-order valence-electron chi connectivity index (χ0n) is 21.7. The fourth-order valence-corrected chi connectivity index (χ4v) is 6.95. The van der Waals surface area contributed by atoms with Gasteiger partial charge in [0.15, 0.2) is 5.13 Å². The number of carboxylic acids is 1. The van der Waals surface area contributed by atoms with Gasteiger partial charge in [0.05, 0.1) is 11.6 Å². The second kappa shape index (κ2) is 10.1. The van der Waals surface area contributed by atoms with Gasteiger partial charge in [0.2, 0.25) is 0 Å². The van der Waals surface area contributed by atoms with E-state index in [-0.39, 0.29) is 17.8 Å². The molecular weight excluding hydrogens is 482 g/mol. The van der Waals surface area contributed by atoms with E-state index in [0.29, 0.717) is 6.61 Å². The van der Waals surface area contributed by atoms with Gasteiger partial charge in [0.1, 0.15) is 12.4 Å². The van der Waals surface area contributed by atoms with Crippen LogP contribution in [0.4, 0.5) is 5.13 Å². The van der Waals surface area contributed by atoms with E-state index in [1.165, 1.54) is 54.6 Å². The van der Waals surface area contributed by atoms with Crippen molar-refractivity contribution < 1.29 is 14.6 Å². The summed E-state index contributed by atoms with van der Waals surface area (Å²) in [5, 5.41) is 12.4. The van der Waals surface area contributed by atoms with Crippen LogP contribution in [-0.4, -0.2) is 47.1 Å². The normalized spacial score (nSPS) is 23.2. The van der Waals surface area contributed by atoms with Gasteiger partial charge in [-0.25, -0.2) is 4.98 Å². The first-order valence-electron chi connectivity index (χ1n) is 13.4. The molecule has 2 aliphatic heterocycles. The number of carboxylic acid groups (broad SMARTS) is 1. The highest BCUT2D eigenvalue weighted by Gasteiger charge is 2.60. The Labute approximate surface area is 222 Å². The molecule has 3 heterocycles. The van der Waals surface area contributed by atoms with E-state index in [1.54, 1.807) is 11.3 Å². The number of carbonyl (C=O) groups is 1. The second-order valence-electron chi connectivity index (χ2n) is 11.0. The molecule has 0 amide bonds. The van der Waals surface area contributed by atoms with Crippen LogP contribution in [0.15, 0.2) is 41.8 Å². The predicted molar refractivity (Wildman–Crippen MR) is 147 cm³/mol. The molecule has 0 spiro atoms. The van der Waals surface area contributed by atoms with E-state index in [1.807, 2.05) is 6.07 Å². The van der Waals surface area contributed by atoms with E-state index >= 15 is 0 Å². The smallest absolute Gasteiger partial charge is 0.307 e. The van der Waals surface area contributed by atoms with Gasteiger partial charge in [0, 0.05) is 30.6 Å². The first kappa shape index (κ1) is 24.4. The third-order valence-corrected chi connectivity index (χ3v) is 9.20. The van der Waals surface area contributed by atoms with Crippen molar-refractivity contribution in [3.63, 3.8) is 0 Å². The Hall–Kier alpha value is -2.90. The van der Waals surface area contributed by atoms with Crippen molar-refractivity contribution in [1.29, 1.82) is 0 Å². The summed E-state index contributed by atoms with van der Waals surface area (Å²) in [4.78, 5) is 21.1. The quantitative estimate of drug-likeness (QED) is 0.410. The molecule has 3 aliphatic rings. The molecular formula is C30H35N3O3S. The average molecular weight is 518 g/mol. The van der Waals surface area contributed by atoms with Crippen LogP contribution in [0.1, 0.15) is 41.5 Å². The van der Waals surface area contributed by atoms with Gasteiger partial charge in [-0.2, -0.15) is 0 Å². The van der Waals surface area contributed by atoms with Crippen molar-refractivity contribution in [2.75, 3.05) is 31.1 Å². The van der Waals surface area contributed by atoms with Crippen molar-refractivity contribution in [1.82, 2.24) is 9.88 Å². The van der Waals surface area contributed by atoms with Gasteiger partial charge >= 0.3 is 5.97 Å². The number of nitrogens with zero attached hydrogens (tertiary/aromatic N) is 3. The van der Waals surface area contributed by atoms with Gasteiger partial charge in [0.25, 0.3) is 0 Å². The minimum atomic E-state index is -0.650. The fraction of sp³-hybridized carbons (Fsp3) is 0.467. The van der Waals surface area contributed by atoms with Crippen LogP contribution in [0.3, 0.4) is 0 Å². The van der Waals surface area contributed by atoms with Crippen molar-refractivity contribution in [2.24, 2.45) is 17.8 Å². The number of aromatic nitrogens is 1. The average Bonchev–Trinajstić information content (AvgIpc) is 3.21. The van der Waals surface area contributed by atoms with Crippen LogP contribution in [0.5, 0.6) is 5.75 Å². The fourth-order valence-electron chi connectivity index (χ4n) is 6.10. The molecule has 37 heavy (non-hydrogen) atoms. The van der Waals surface area contributed by atoms with E-state index < -0.39 is 5.97 Å². The van der Waals surface area contributed by atoms with Gasteiger partial charge in [-0.3, -0.25) is 9.69 Å². The first-order valence-corrected chi connectivity index (χ1v) is 14.3. The summed E-state index contributed by atoms with van der Waals surface area (Å²) in [6.07, 6.45) is 3.99. The van der Waals surface area contributed by atoms with Crippen LogP contribution < -0.4 is 9.64 Å². The van der Waals surface area contributed by atoms with E-state index in [0.717, 1.165) is 41.8 Å². The standard InChI is InChI=1S/C30H35N3O3S/c1-19-6-9-27(36-17-22-8-7-21(13-20(22)2)14-32-10-4-3-5-11-32)23(12-19)26-18-37-30(31-26)33-15-24-25(16-33)28(24)29(34)35/h6-9,12-13,18,24-25,28H,3-5,10-11,14-17H2,1-2H3,(H,34,35). The third-order valence-electron chi connectivity index (χ3n) is 8.30. The lowest BCUT2D eigenvalue weighted by Crippen LogP contribution is -2.29. The van der Waals surface area contributed by atoms with Crippen molar-refractivity contribution in [3.8, 4) is 17.0 Å². The van der Waals surface area contributed by atoms with Gasteiger partial charge in [-0.05, 0) is 80.4 Å². The molecule has 7 heteroatoms. The summed E-state index contributed by atoms with van der Waals surface area (Å²) in [6.45, 7) is 9.82. The summed E-state index contributed by atoms with van der Waals surface area (Å²) in [5.41, 5.74) is 6.95. The van der Waals surface area contributed by atoms with Crippen molar-refractivity contribution in [3.05, 3.63) is 64.0 Å². The summed E-state index contributed by atoms with van der Waals surface area (Å²) < 4.78 is 6.38. The second-order valence-corrected chi connectivity index (χ2v) is 11.8. The summed E-state index contributed by atoms with van der Waals surface area (Å²) >= 11 is 1.63. The largest absolute Gasteiger partial charge is 0.488 e. The summed E-state index contributed by atoms with van der Waals surface area (Å²) in [6, 6.07) is 13.0. The van der Waals surface area contributed by atoms with Crippen molar-refractivity contribution >= 4 is 22.4 Å². The highest BCUT2D eigenvalue weighted by molar-refractivity contribution is 7.14. The van der Waals surface area contributed by atoms with Crippen LogP contribution in [0, 0.1) is 31.6 Å². The number of aryl methyl sites for hydroxylation is 2. The van der Waals surface area contributed by atoms with Crippen LogP contribution >= 0.6 is 11.3 Å². The Morgan fingerprint density at radius 1 is 1.08 bits per heavy atom. The Morgan fingerprint density at radius 3 is 2.59 bits per heavy atom. The predicted octanol–water partition coefficient (Wildman–Crippen LogP) is 5.76. The maximum Gasteiger partial charge on any atom is 0.307 e. The minimum absolute atomic E-state index is 0.158. The first-order chi connectivity index (χ1) is 18.0. The molecule has 0 radical (unpaired) electrons.